The lowest BCUT2D eigenvalue weighted by molar-refractivity contribution is -0.384. The second-order valence-electron chi connectivity index (χ2n) is 7.57. The maximum atomic E-state index is 12.3. The number of hydrogen-bond acceptors (Lipinski definition) is 8. The molecule has 0 radical (unpaired) electrons. The lowest BCUT2D eigenvalue weighted by Gasteiger charge is -2.06. The topological polar surface area (TPSA) is 144 Å². The number of thioether (sulfide) groups is 1. The molecule has 4 rings (SSSR count). The van der Waals surface area contributed by atoms with E-state index in [2.05, 4.69) is 25.9 Å². The van der Waals surface area contributed by atoms with E-state index in [9.17, 15) is 19.7 Å². The van der Waals surface area contributed by atoms with Gasteiger partial charge in [0.25, 0.3) is 11.6 Å². The van der Waals surface area contributed by atoms with Crippen molar-refractivity contribution in [1.29, 1.82) is 0 Å². The lowest BCUT2D eigenvalue weighted by atomic mass is 10.1. The molecule has 2 N–H and O–H groups in total. The monoisotopic (exact) mass is 491 g/mol. The van der Waals surface area contributed by atoms with Crippen molar-refractivity contribution in [2.24, 2.45) is 0 Å². The summed E-state index contributed by atoms with van der Waals surface area (Å²) in [5.41, 5.74) is 2.66. The van der Waals surface area contributed by atoms with Crippen molar-refractivity contribution in [3.05, 3.63) is 87.7 Å². The maximum Gasteiger partial charge on any atom is 0.269 e. The molecule has 4 aromatic rings. The van der Waals surface area contributed by atoms with Gasteiger partial charge < -0.3 is 10.6 Å². The zero-order valence-corrected chi connectivity index (χ0v) is 19.5. The molecular formula is C23H21N7O4S. The highest BCUT2D eigenvalue weighted by molar-refractivity contribution is 7.99. The molecule has 11 nitrogen and oxygen atoms in total. The van der Waals surface area contributed by atoms with Crippen molar-refractivity contribution in [2.75, 3.05) is 17.6 Å². The van der Waals surface area contributed by atoms with Crippen LogP contribution in [-0.2, 0) is 11.2 Å². The van der Waals surface area contributed by atoms with Crippen LogP contribution in [0.1, 0.15) is 21.7 Å². The highest BCUT2D eigenvalue weighted by Gasteiger charge is 2.12. The number of fused-ring (bicyclic) bond motifs is 1. The number of nitrogens with one attached hydrogen (secondary N) is 2. The molecule has 0 bridgehead atoms. The molecule has 12 heteroatoms. The van der Waals surface area contributed by atoms with Crippen molar-refractivity contribution in [2.45, 2.75) is 18.4 Å². The van der Waals surface area contributed by atoms with Gasteiger partial charge in [-0.2, -0.15) is 9.61 Å². The summed E-state index contributed by atoms with van der Waals surface area (Å²) < 4.78 is 1.59. The van der Waals surface area contributed by atoms with Gasteiger partial charge in [-0.25, -0.2) is 0 Å². The van der Waals surface area contributed by atoms with E-state index < -0.39 is 4.92 Å². The van der Waals surface area contributed by atoms with Crippen LogP contribution in [0.5, 0.6) is 0 Å². The Morgan fingerprint density at radius 1 is 1.03 bits per heavy atom. The summed E-state index contributed by atoms with van der Waals surface area (Å²) in [4.78, 5) is 34.8. The molecule has 2 aromatic heterocycles. The Morgan fingerprint density at radius 3 is 2.49 bits per heavy atom. The highest BCUT2D eigenvalue weighted by atomic mass is 32.2. The number of aryl methyl sites for hydroxylation is 1. The minimum absolute atomic E-state index is 0.0469. The predicted octanol–water partition coefficient (Wildman–Crippen LogP) is 3.04. The minimum Gasteiger partial charge on any atom is -0.352 e. The van der Waals surface area contributed by atoms with Crippen LogP contribution < -0.4 is 10.6 Å². The van der Waals surface area contributed by atoms with E-state index in [1.54, 1.807) is 28.8 Å². The third-order valence-corrected chi connectivity index (χ3v) is 5.88. The van der Waals surface area contributed by atoms with Gasteiger partial charge >= 0.3 is 0 Å². The van der Waals surface area contributed by atoms with E-state index >= 15 is 0 Å². The number of anilines is 1. The molecule has 0 unspecified atom stereocenters. The van der Waals surface area contributed by atoms with Crippen molar-refractivity contribution in [1.82, 2.24) is 25.1 Å². The largest absolute Gasteiger partial charge is 0.352 e. The summed E-state index contributed by atoms with van der Waals surface area (Å²) in [7, 11) is 0. The molecule has 2 aromatic carbocycles. The number of hydrogen-bond donors (Lipinski definition) is 2. The first kappa shape index (κ1) is 23.8. The van der Waals surface area contributed by atoms with Gasteiger partial charge in [0.2, 0.25) is 5.91 Å². The summed E-state index contributed by atoms with van der Waals surface area (Å²) >= 11 is 1.23. The lowest BCUT2D eigenvalue weighted by Crippen LogP contribution is -2.26. The molecule has 0 aliphatic carbocycles. The molecule has 0 aliphatic heterocycles. The average Bonchev–Trinajstić information content (AvgIpc) is 3.25. The van der Waals surface area contributed by atoms with Gasteiger partial charge in [-0.15, -0.1) is 10.2 Å². The zero-order chi connectivity index (χ0) is 24.8. The van der Waals surface area contributed by atoms with Gasteiger partial charge in [-0.1, -0.05) is 29.5 Å². The third kappa shape index (κ3) is 6.18. The number of carbonyl (C=O) groups excluding carboxylic acids is 2. The zero-order valence-electron chi connectivity index (χ0n) is 18.7. The van der Waals surface area contributed by atoms with E-state index in [0.29, 0.717) is 40.7 Å². The highest BCUT2D eigenvalue weighted by Crippen LogP contribution is 2.18. The van der Waals surface area contributed by atoms with E-state index in [1.165, 1.54) is 36.0 Å². The van der Waals surface area contributed by atoms with Crippen LogP contribution in [0.3, 0.4) is 0 Å². The Balaban J connectivity index is 1.31. The van der Waals surface area contributed by atoms with Crippen LogP contribution in [0.4, 0.5) is 11.4 Å². The van der Waals surface area contributed by atoms with Crippen molar-refractivity contribution < 1.29 is 14.5 Å². The normalized spacial score (nSPS) is 10.8. The van der Waals surface area contributed by atoms with Crippen LogP contribution in [0.15, 0.2) is 65.7 Å². The average molecular weight is 492 g/mol. The first-order chi connectivity index (χ1) is 16.9. The smallest absolute Gasteiger partial charge is 0.269 e. The summed E-state index contributed by atoms with van der Waals surface area (Å²) in [6.07, 6.45) is 0.431. The quantitative estimate of drug-likeness (QED) is 0.206. The molecule has 35 heavy (non-hydrogen) atoms. The Labute approximate surface area is 204 Å². The van der Waals surface area contributed by atoms with Crippen LogP contribution >= 0.6 is 11.8 Å². The molecule has 2 amide bonds. The fourth-order valence-corrected chi connectivity index (χ4v) is 3.80. The third-order valence-electron chi connectivity index (χ3n) is 4.96. The Hall–Kier alpha value is -4.32. The fraction of sp³-hybridized carbons (Fsp3) is 0.174. The Morgan fingerprint density at radius 2 is 1.77 bits per heavy atom. The number of nitro groups is 1. The Kier molecular flexibility index (Phi) is 7.31. The summed E-state index contributed by atoms with van der Waals surface area (Å²) in [6, 6.07) is 16.4. The van der Waals surface area contributed by atoms with Crippen LogP contribution in [0, 0.1) is 17.0 Å². The molecular weight excluding hydrogens is 470 g/mol. The number of rotatable bonds is 9. The molecule has 0 fully saturated rings. The molecule has 2 heterocycles. The van der Waals surface area contributed by atoms with Gasteiger partial charge in [-0.3, -0.25) is 19.7 Å². The summed E-state index contributed by atoms with van der Waals surface area (Å²) in [6.45, 7) is 2.33. The van der Waals surface area contributed by atoms with E-state index in [-0.39, 0.29) is 23.3 Å². The number of benzene rings is 2. The van der Waals surface area contributed by atoms with Gasteiger partial charge in [0, 0.05) is 36.3 Å². The molecule has 0 saturated carbocycles. The first-order valence-corrected chi connectivity index (χ1v) is 11.6. The predicted molar refractivity (Wildman–Crippen MR) is 130 cm³/mol. The van der Waals surface area contributed by atoms with Gasteiger partial charge in [0.05, 0.1) is 10.7 Å². The van der Waals surface area contributed by atoms with E-state index in [0.717, 1.165) is 5.56 Å². The van der Waals surface area contributed by atoms with Crippen molar-refractivity contribution in [3.8, 4) is 0 Å². The molecule has 0 saturated heterocycles. The second kappa shape index (κ2) is 10.7. The van der Waals surface area contributed by atoms with E-state index in [4.69, 9.17) is 0 Å². The standard InChI is InChI=1S/C23H21N7O4S/c1-15-2-4-16(5-3-15)23(32)24-13-12-20-27-26-19-10-11-22(28-29(19)20)35-14-21(31)25-17-6-8-18(9-7-17)30(33)34/h2-11H,12-14H2,1H3,(H,24,32)(H,25,31). The summed E-state index contributed by atoms with van der Waals surface area (Å²) in [5, 5.41) is 29.6. The maximum absolute atomic E-state index is 12.3. The van der Waals surface area contributed by atoms with Crippen LogP contribution in [0.25, 0.3) is 5.65 Å². The molecule has 178 valence electrons. The van der Waals surface area contributed by atoms with Crippen molar-refractivity contribution >= 4 is 40.6 Å². The Bertz CT molecular complexity index is 1370. The number of nitrogens with zero attached hydrogens (tertiary/aromatic N) is 5. The number of nitro benzene ring substituents is 1. The van der Waals surface area contributed by atoms with Crippen LogP contribution in [0.2, 0.25) is 0 Å². The fourth-order valence-electron chi connectivity index (χ4n) is 3.15. The second-order valence-corrected chi connectivity index (χ2v) is 8.57. The molecule has 0 spiro atoms. The minimum atomic E-state index is -0.500. The van der Waals surface area contributed by atoms with Crippen molar-refractivity contribution in [3.63, 3.8) is 0 Å². The number of non-ortho nitro benzene ring substituents is 1. The number of amides is 2. The first-order valence-electron chi connectivity index (χ1n) is 10.6. The SMILES string of the molecule is Cc1ccc(C(=O)NCCc2nnc3ccc(SCC(=O)Nc4ccc([N+](=O)[O-])cc4)nn23)cc1. The number of aromatic nitrogens is 4. The molecule has 0 aliphatic rings. The van der Waals surface area contributed by atoms with E-state index in [1.807, 2.05) is 19.1 Å². The van der Waals surface area contributed by atoms with Crippen LogP contribution in [-0.4, -0.2) is 48.8 Å². The summed E-state index contributed by atoms with van der Waals surface area (Å²) in [5.74, 6) is 0.247. The van der Waals surface area contributed by atoms with Gasteiger partial charge in [0.15, 0.2) is 11.5 Å². The number of carbonyl (C=O) groups is 2. The molecule has 0 atom stereocenters. The van der Waals surface area contributed by atoms with Gasteiger partial charge in [0.1, 0.15) is 5.03 Å². The van der Waals surface area contributed by atoms with Gasteiger partial charge in [-0.05, 0) is 43.3 Å².